The molecule has 0 spiro atoms. The van der Waals surface area contributed by atoms with Crippen molar-refractivity contribution in [2.24, 2.45) is 0 Å². The number of carbonyl (C=O) groups excluding carboxylic acids is 1. The molecular formula is C26H32N2O2S2. The minimum atomic E-state index is -0.566. The normalized spacial score (nSPS) is 12.1. The van der Waals surface area contributed by atoms with Gasteiger partial charge in [-0.1, -0.05) is 35.9 Å². The molecule has 170 valence electrons. The summed E-state index contributed by atoms with van der Waals surface area (Å²) in [6.45, 7) is 7.27. The highest BCUT2D eigenvalue weighted by Crippen LogP contribution is 2.35. The number of amides is 1. The minimum Gasteiger partial charge on any atom is -0.394 e. The predicted molar refractivity (Wildman–Crippen MR) is 136 cm³/mol. The number of aliphatic hydroxyl groups excluding tert-OH is 1. The van der Waals surface area contributed by atoms with E-state index in [1.54, 1.807) is 22.7 Å². The van der Waals surface area contributed by atoms with Crippen LogP contribution in [0.5, 0.6) is 0 Å². The van der Waals surface area contributed by atoms with E-state index in [0.717, 1.165) is 12.0 Å². The molecule has 0 saturated heterocycles. The summed E-state index contributed by atoms with van der Waals surface area (Å²) in [5.41, 5.74) is 6.07. The van der Waals surface area contributed by atoms with Gasteiger partial charge in [-0.3, -0.25) is 9.69 Å². The zero-order valence-corrected chi connectivity index (χ0v) is 20.9. The lowest BCUT2D eigenvalue weighted by Crippen LogP contribution is -2.47. The summed E-state index contributed by atoms with van der Waals surface area (Å²) >= 11 is 3.53. The SMILES string of the molecule is Cc1ccc(CNC(=O)C(CO)N(C)CCC=C(c2sccc2C)c2sccc2C)cc1. The quantitative estimate of drug-likeness (QED) is 0.432. The number of aryl methyl sites for hydroxylation is 3. The Labute approximate surface area is 199 Å². The molecule has 2 N–H and O–H groups in total. The van der Waals surface area contributed by atoms with E-state index in [4.69, 9.17) is 0 Å². The van der Waals surface area contributed by atoms with Gasteiger partial charge in [-0.25, -0.2) is 0 Å². The number of aliphatic hydroxyl groups is 1. The van der Waals surface area contributed by atoms with Crippen LogP contribution in [0.1, 0.15) is 38.4 Å². The van der Waals surface area contributed by atoms with Crippen molar-refractivity contribution >= 4 is 34.2 Å². The van der Waals surface area contributed by atoms with Gasteiger partial charge >= 0.3 is 0 Å². The molecule has 0 saturated carbocycles. The first-order valence-corrected chi connectivity index (χ1v) is 12.6. The van der Waals surface area contributed by atoms with E-state index < -0.39 is 6.04 Å². The van der Waals surface area contributed by atoms with Crippen LogP contribution in [0.4, 0.5) is 0 Å². The Hall–Kier alpha value is -2.25. The lowest BCUT2D eigenvalue weighted by Gasteiger charge is -2.25. The Morgan fingerprint density at radius 2 is 1.62 bits per heavy atom. The fraction of sp³-hybridized carbons (Fsp3) is 0.346. The molecule has 6 heteroatoms. The maximum Gasteiger partial charge on any atom is 0.239 e. The van der Waals surface area contributed by atoms with Crippen LogP contribution in [0.2, 0.25) is 0 Å². The van der Waals surface area contributed by atoms with Crippen LogP contribution in [0, 0.1) is 20.8 Å². The molecule has 0 bridgehead atoms. The number of hydrogen-bond donors (Lipinski definition) is 2. The highest BCUT2D eigenvalue weighted by molar-refractivity contribution is 7.14. The first-order chi connectivity index (χ1) is 15.4. The molecular weight excluding hydrogens is 436 g/mol. The Morgan fingerprint density at radius 3 is 2.12 bits per heavy atom. The first-order valence-electron chi connectivity index (χ1n) is 10.8. The van der Waals surface area contributed by atoms with Crippen molar-refractivity contribution in [1.82, 2.24) is 10.2 Å². The maximum atomic E-state index is 12.7. The predicted octanol–water partition coefficient (Wildman–Crippen LogP) is 5.17. The number of thiophene rings is 2. The van der Waals surface area contributed by atoms with Crippen molar-refractivity contribution in [1.29, 1.82) is 0 Å². The van der Waals surface area contributed by atoms with Gasteiger partial charge in [-0.15, -0.1) is 22.7 Å². The molecule has 0 aliphatic heterocycles. The van der Waals surface area contributed by atoms with Crippen LogP contribution in [0.15, 0.2) is 53.2 Å². The van der Waals surface area contributed by atoms with Crippen LogP contribution in [-0.4, -0.2) is 42.2 Å². The Kier molecular flexibility index (Phi) is 8.82. The second-order valence-electron chi connectivity index (χ2n) is 8.15. The van der Waals surface area contributed by atoms with Crippen molar-refractivity contribution in [3.8, 4) is 0 Å². The van der Waals surface area contributed by atoms with Gasteiger partial charge < -0.3 is 10.4 Å². The van der Waals surface area contributed by atoms with E-state index in [9.17, 15) is 9.90 Å². The molecule has 0 fully saturated rings. The van der Waals surface area contributed by atoms with E-state index >= 15 is 0 Å². The van der Waals surface area contributed by atoms with Crippen molar-refractivity contribution in [3.05, 3.63) is 85.2 Å². The maximum absolute atomic E-state index is 12.7. The van der Waals surface area contributed by atoms with Gasteiger partial charge in [-0.2, -0.15) is 0 Å². The van der Waals surface area contributed by atoms with Crippen molar-refractivity contribution in [3.63, 3.8) is 0 Å². The van der Waals surface area contributed by atoms with Crippen LogP contribution in [0.25, 0.3) is 5.57 Å². The van der Waals surface area contributed by atoms with E-state index in [2.05, 4.69) is 48.1 Å². The molecule has 2 aromatic heterocycles. The Balaban J connectivity index is 1.63. The lowest BCUT2D eigenvalue weighted by atomic mass is 10.1. The zero-order chi connectivity index (χ0) is 23.1. The number of nitrogens with zero attached hydrogens (tertiary/aromatic N) is 1. The number of carbonyl (C=O) groups is 1. The van der Waals surface area contributed by atoms with Gasteiger partial charge in [0.05, 0.1) is 6.61 Å². The van der Waals surface area contributed by atoms with Crippen molar-refractivity contribution in [2.45, 2.75) is 39.8 Å². The van der Waals surface area contributed by atoms with E-state index in [0.29, 0.717) is 13.1 Å². The summed E-state index contributed by atoms with van der Waals surface area (Å²) in [5.74, 6) is -0.150. The molecule has 32 heavy (non-hydrogen) atoms. The third kappa shape index (κ3) is 6.17. The summed E-state index contributed by atoms with van der Waals surface area (Å²) in [5, 5.41) is 17.1. The molecule has 1 amide bonds. The van der Waals surface area contributed by atoms with Gasteiger partial charge in [-0.05, 0) is 73.8 Å². The number of nitrogens with one attached hydrogen (secondary N) is 1. The summed E-state index contributed by atoms with van der Waals surface area (Å²) in [7, 11) is 1.90. The number of rotatable bonds is 10. The third-order valence-corrected chi connectivity index (χ3v) is 7.74. The molecule has 3 rings (SSSR count). The number of benzene rings is 1. The standard InChI is InChI=1S/C26H32N2O2S2/c1-18-7-9-21(10-8-18)16-27-26(30)23(17-29)28(4)13-5-6-22(24-19(2)11-14-31-24)25-20(3)12-15-32-25/h6-12,14-15,23,29H,5,13,16-17H2,1-4H3,(H,27,30). The fourth-order valence-corrected chi connectivity index (χ4v) is 5.60. The third-order valence-electron chi connectivity index (χ3n) is 5.64. The largest absolute Gasteiger partial charge is 0.394 e. The monoisotopic (exact) mass is 468 g/mol. The van der Waals surface area contributed by atoms with E-state index in [1.807, 2.05) is 43.1 Å². The summed E-state index contributed by atoms with van der Waals surface area (Å²) < 4.78 is 0. The van der Waals surface area contributed by atoms with Crippen molar-refractivity contribution < 1.29 is 9.90 Å². The number of hydrogen-bond acceptors (Lipinski definition) is 5. The fourth-order valence-electron chi connectivity index (χ4n) is 3.59. The van der Waals surface area contributed by atoms with Gasteiger partial charge in [0.25, 0.3) is 0 Å². The van der Waals surface area contributed by atoms with Gasteiger partial charge in [0.15, 0.2) is 0 Å². The number of likely N-dealkylation sites (N-methyl/N-ethyl adjacent to an activating group) is 1. The van der Waals surface area contributed by atoms with Gasteiger partial charge in [0.2, 0.25) is 5.91 Å². The van der Waals surface area contributed by atoms with Crippen LogP contribution >= 0.6 is 22.7 Å². The van der Waals surface area contributed by atoms with Crippen LogP contribution in [0.3, 0.4) is 0 Å². The minimum absolute atomic E-state index is 0.150. The second-order valence-corrected chi connectivity index (χ2v) is 9.99. The summed E-state index contributed by atoms with van der Waals surface area (Å²) in [6.07, 6.45) is 3.06. The van der Waals surface area contributed by atoms with Crippen molar-refractivity contribution in [2.75, 3.05) is 20.2 Å². The summed E-state index contributed by atoms with van der Waals surface area (Å²) in [4.78, 5) is 17.2. The average Bonchev–Trinajstić information content (AvgIpc) is 3.39. The molecule has 2 heterocycles. The molecule has 0 aliphatic rings. The second kappa shape index (κ2) is 11.6. The van der Waals surface area contributed by atoms with Gasteiger partial charge in [0.1, 0.15) is 6.04 Å². The lowest BCUT2D eigenvalue weighted by molar-refractivity contribution is -0.127. The molecule has 0 radical (unpaired) electrons. The summed E-state index contributed by atoms with van der Waals surface area (Å²) in [6, 6.07) is 11.8. The van der Waals surface area contributed by atoms with Crippen LogP contribution in [-0.2, 0) is 11.3 Å². The topological polar surface area (TPSA) is 52.6 Å². The molecule has 4 nitrogen and oxygen atoms in total. The zero-order valence-electron chi connectivity index (χ0n) is 19.2. The van der Waals surface area contributed by atoms with E-state index in [1.165, 1.54) is 32.0 Å². The molecule has 3 aromatic rings. The highest BCUT2D eigenvalue weighted by Gasteiger charge is 2.22. The molecule has 1 unspecified atom stereocenters. The molecule has 1 atom stereocenters. The first kappa shape index (κ1) is 24.4. The Morgan fingerprint density at radius 1 is 1.03 bits per heavy atom. The molecule has 0 aliphatic carbocycles. The molecule has 1 aromatic carbocycles. The van der Waals surface area contributed by atoms with Gasteiger partial charge in [0, 0.05) is 28.4 Å². The smallest absolute Gasteiger partial charge is 0.239 e. The van der Waals surface area contributed by atoms with E-state index in [-0.39, 0.29) is 12.5 Å². The average molecular weight is 469 g/mol. The van der Waals surface area contributed by atoms with Crippen LogP contribution < -0.4 is 5.32 Å². The Bertz CT molecular complexity index is 1010. The highest BCUT2D eigenvalue weighted by atomic mass is 32.1.